The molecule has 1 aliphatic rings. The number of methoxy groups -OCH3 is 1. The van der Waals surface area contributed by atoms with Crippen molar-refractivity contribution >= 4 is 5.91 Å². The molecule has 0 bridgehead atoms. The maximum Gasteiger partial charge on any atom is 0.253 e. The fourth-order valence-electron chi connectivity index (χ4n) is 3.87. The summed E-state index contributed by atoms with van der Waals surface area (Å²) in [6.45, 7) is 6.48. The fraction of sp³-hybridized carbons (Fsp3) is 0.435. The number of carbonyl (C=O) groups excluding carboxylic acids is 1. The smallest absolute Gasteiger partial charge is 0.253 e. The summed E-state index contributed by atoms with van der Waals surface area (Å²) in [5.74, 6) is 1.36. The van der Waals surface area contributed by atoms with E-state index < -0.39 is 0 Å². The Labute approximate surface area is 162 Å². The van der Waals surface area contributed by atoms with Crippen LogP contribution in [0, 0.1) is 5.92 Å². The molecule has 144 valence electrons. The van der Waals surface area contributed by atoms with Gasteiger partial charge in [0.15, 0.2) is 0 Å². The van der Waals surface area contributed by atoms with Gasteiger partial charge in [0.1, 0.15) is 5.75 Å². The van der Waals surface area contributed by atoms with E-state index >= 15 is 0 Å². The van der Waals surface area contributed by atoms with Crippen molar-refractivity contribution in [3.63, 3.8) is 0 Å². The first-order valence-electron chi connectivity index (χ1n) is 9.79. The van der Waals surface area contributed by atoms with Gasteiger partial charge in [-0.05, 0) is 67.2 Å². The number of benzene rings is 2. The van der Waals surface area contributed by atoms with Gasteiger partial charge < -0.3 is 14.5 Å². The van der Waals surface area contributed by atoms with Gasteiger partial charge in [-0.15, -0.1) is 0 Å². The molecule has 1 atom stereocenters. The molecule has 2 aromatic rings. The van der Waals surface area contributed by atoms with Crippen LogP contribution in [-0.4, -0.2) is 56.0 Å². The third-order valence-electron chi connectivity index (χ3n) is 5.21. The molecule has 1 aliphatic heterocycles. The van der Waals surface area contributed by atoms with Crippen molar-refractivity contribution < 1.29 is 9.53 Å². The summed E-state index contributed by atoms with van der Waals surface area (Å²) < 4.78 is 5.31. The van der Waals surface area contributed by atoms with Gasteiger partial charge in [0.25, 0.3) is 5.91 Å². The van der Waals surface area contributed by atoms with Crippen molar-refractivity contribution in [1.82, 2.24) is 9.80 Å². The van der Waals surface area contributed by atoms with Gasteiger partial charge >= 0.3 is 0 Å². The second kappa shape index (κ2) is 9.05. The average molecular weight is 367 g/mol. The highest BCUT2D eigenvalue weighted by atomic mass is 16.5. The van der Waals surface area contributed by atoms with Crippen molar-refractivity contribution in [2.45, 2.75) is 19.8 Å². The molecule has 0 saturated carbocycles. The van der Waals surface area contributed by atoms with Crippen molar-refractivity contribution in [2.75, 3.05) is 40.3 Å². The Morgan fingerprint density at radius 2 is 1.78 bits per heavy atom. The molecule has 2 aromatic carbocycles. The quantitative estimate of drug-likeness (QED) is 0.737. The zero-order valence-electron chi connectivity index (χ0n) is 16.6. The third kappa shape index (κ3) is 5.10. The molecular weight excluding hydrogens is 336 g/mol. The molecule has 1 saturated heterocycles. The summed E-state index contributed by atoms with van der Waals surface area (Å²) in [5, 5.41) is 0. The summed E-state index contributed by atoms with van der Waals surface area (Å²) >= 11 is 0. The monoisotopic (exact) mass is 366 g/mol. The molecule has 0 aliphatic carbocycles. The van der Waals surface area contributed by atoms with E-state index in [9.17, 15) is 4.79 Å². The van der Waals surface area contributed by atoms with Crippen LogP contribution in [0.1, 0.15) is 30.1 Å². The summed E-state index contributed by atoms with van der Waals surface area (Å²) in [6, 6.07) is 15.8. The molecule has 0 N–H and O–H groups in total. The minimum absolute atomic E-state index is 0.0769. The first-order valence-corrected chi connectivity index (χ1v) is 9.79. The van der Waals surface area contributed by atoms with Crippen LogP contribution < -0.4 is 4.74 Å². The maximum atomic E-state index is 12.9. The van der Waals surface area contributed by atoms with Crippen molar-refractivity contribution in [2.24, 2.45) is 5.92 Å². The van der Waals surface area contributed by atoms with Crippen LogP contribution in [0.4, 0.5) is 0 Å². The maximum absolute atomic E-state index is 12.9. The number of nitrogens with zero attached hydrogens (tertiary/aromatic N) is 2. The summed E-state index contributed by atoms with van der Waals surface area (Å²) in [4.78, 5) is 17.3. The molecule has 3 rings (SSSR count). The lowest BCUT2D eigenvalue weighted by molar-refractivity contribution is 0.0766. The van der Waals surface area contributed by atoms with Crippen LogP contribution in [0.5, 0.6) is 5.75 Å². The SMILES string of the molecule is COc1cccc(-c2cccc(C(=O)N(C)CC(C)CN3CCCC3)c2)c1. The van der Waals surface area contributed by atoms with Crippen LogP contribution in [0.25, 0.3) is 11.1 Å². The summed E-state index contributed by atoms with van der Waals surface area (Å²) in [7, 11) is 3.57. The Hall–Kier alpha value is -2.33. The van der Waals surface area contributed by atoms with Crippen LogP contribution in [0.3, 0.4) is 0 Å². The largest absolute Gasteiger partial charge is 0.497 e. The van der Waals surface area contributed by atoms with Gasteiger partial charge in [-0.3, -0.25) is 4.79 Å². The van der Waals surface area contributed by atoms with Gasteiger partial charge in [-0.2, -0.15) is 0 Å². The number of carbonyl (C=O) groups is 1. The predicted octanol–water partition coefficient (Wildman–Crippen LogP) is 4.17. The molecule has 1 fully saturated rings. The van der Waals surface area contributed by atoms with Gasteiger partial charge in [0.2, 0.25) is 0 Å². The molecule has 27 heavy (non-hydrogen) atoms. The molecule has 1 unspecified atom stereocenters. The second-order valence-corrected chi connectivity index (χ2v) is 7.61. The van der Waals surface area contributed by atoms with Crippen LogP contribution in [-0.2, 0) is 0 Å². The number of rotatable bonds is 7. The van der Waals surface area contributed by atoms with Crippen LogP contribution >= 0.6 is 0 Å². The summed E-state index contributed by atoms with van der Waals surface area (Å²) in [6.07, 6.45) is 2.61. The molecule has 1 amide bonds. The number of ether oxygens (including phenoxy) is 1. The average Bonchev–Trinajstić information content (AvgIpc) is 3.20. The molecule has 4 nitrogen and oxygen atoms in total. The highest BCUT2D eigenvalue weighted by molar-refractivity contribution is 5.95. The Morgan fingerprint density at radius 1 is 1.11 bits per heavy atom. The number of amides is 1. The van der Waals surface area contributed by atoms with Crippen molar-refractivity contribution in [3.05, 3.63) is 54.1 Å². The van der Waals surface area contributed by atoms with E-state index in [1.54, 1.807) is 7.11 Å². The zero-order valence-corrected chi connectivity index (χ0v) is 16.6. The normalized spacial score (nSPS) is 15.5. The lowest BCUT2D eigenvalue weighted by Gasteiger charge is -2.25. The van der Waals surface area contributed by atoms with Crippen LogP contribution in [0.2, 0.25) is 0 Å². The Kier molecular flexibility index (Phi) is 6.51. The third-order valence-corrected chi connectivity index (χ3v) is 5.21. The van der Waals surface area contributed by atoms with Gasteiger partial charge in [0, 0.05) is 25.7 Å². The van der Waals surface area contributed by atoms with Crippen molar-refractivity contribution in [1.29, 1.82) is 0 Å². The van der Waals surface area contributed by atoms with Crippen LogP contribution in [0.15, 0.2) is 48.5 Å². The van der Waals surface area contributed by atoms with E-state index in [2.05, 4.69) is 11.8 Å². The standard InChI is InChI=1S/C23H30N2O2/c1-18(17-25-12-4-5-13-25)16-24(2)23(26)21-10-6-8-19(14-21)20-9-7-11-22(15-20)27-3/h6-11,14-15,18H,4-5,12-13,16-17H2,1-3H3. The predicted molar refractivity (Wildman–Crippen MR) is 110 cm³/mol. The minimum Gasteiger partial charge on any atom is -0.497 e. The topological polar surface area (TPSA) is 32.8 Å². The Bertz CT molecular complexity index is 768. The minimum atomic E-state index is 0.0769. The van der Waals surface area contributed by atoms with E-state index in [-0.39, 0.29) is 5.91 Å². The molecule has 0 aromatic heterocycles. The first kappa shape index (κ1) is 19.4. The number of likely N-dealkylation sites (tertiary alicyclic amines) is 1. The highest BCUT2D eigenvalue weighted by Gasteiger charge is 2.19. The lowest BCUT2D eigenvalue weighted by atomic mass is 10.0. The zero-order chi connectivity index (χ0) is 19.2. The van der Waals surface area contributed by atoms with Gasteiger partial charge in [-0.1, -0.05) is 31.2 Å². The Balaban J connectivity index is 1.66. The van der Waals surface area contributed by atoms with E-state index in [4.69, 9.17) is 4.74 Å². The first-order chi connectivity index (χ1) is 13.1. The number of hydrogen-bond acceptors (Lipinski definition) is 3. The van der Waals surface area contributed by atoms with Crippen molar-refractivity contribution in [3.8, 4) is 16.9 Å². The molecule has 0 spiro atoms. The highest BCUT2D eigenvalue weighted by Crippen LogP contribution is 2.25. The molecule has 0 radical (unpaired) electrons. The second-order valence-electron chi connectivity index (χ2n) is 7.61. The summed E-state index contributed by atoms with van der Waals surface area (Å²) in [5.41, 5.74) is 2.80. The molecule has 1 heterocycles. The number of hydrogen-bond donors (Lipinski definition) is 0. The Morgan fingerprint density at radius 3 is 2.48 bits per heavy atom. The lowest BCUT2D eigenvalue weighted by Crippen LogP contribution is -2.35. The molecular formula is C23H30N2O2. The molecule has 4 heteroatoms. The van der Waals surface area contributed by atoms with E-state index in [1.807, 2.05) is 60.5 Å². The van der Waals surface area contributed by atoms with Gasteiger partial charge in [-0.25, -0.2) is 0 Å². The van der Waals surface area contributed by atoms with Gasteiger partial charge in [0.05, 0.1) is 7.11 Å². The van der Waals surface area contributed by atoms with E-state index in [1.165, 1.54) is 25.9 Å². The fourth-order valence-corrected chi connectivity index (χ4v) is 3.87. The van der Waals surface area contributed by atoms with E-state index in [0.29, 0.717) is 5.92 Å². The van der Waals surface area contributed by atoms with E-state index in [0.717, 1.165) is 35.5 Å².